The number of carboxylic acids is 1. The molecule has 0 aliphatic heterocycles. The van der Waals surface area contributed by atoms with E-state index in [-0.39, 0.29) is 12.3 Å². The number of benzene rings is 2. The molecule has 6 nitrogen and oxygen atoms in total. The molecule has 2 aromatic rings. The molecule has 0 fully saturated rings. The molecule has 6 heteroatoms. The molecule has 2 amide bonds. The molecule has 2 aromatic carbocycles. The van der Waals surface area contributed by atoms with Gasteiger partial charge in [0.05, 0.1) is 12.0 Å². The monoisotopic (exact) mass is 367 g/mol. The summed E-state index contributed by atoms with van der Waals surface area (Å²) < 4.78 is 0. The van der Waals surface area contributed by atoms with E-state index in [9.17, 15) is 19.5 Å². The van der Waals surface area contributed by atoms with Crippen molar-refractivity contribution in [2.24, 2.45) is 5.92 Å². The fourth-order valence-corrected chi connectivity index (χ4v) is 2.64. The minimum absolute atomic E-state index is 0.239. The molecule has 0 bridgehead atoms. The summed E-state index contributed by atoms with van der Waals surface area (Å²) in [6.45, 7) is 3.35. The van der Waals surface area contributed by atoms with Crippen LogP contribution in [0.5, 0.6) is 0 Å². The highest BCUT2D eigenvalue weighted by Crippen LogP contribution is 2.07. The number of aliphatic carboxylic acids is 1. The normalized spacial score (nSPS) is 12.9. The van der Waals surface area contributed by atoms with Crippen LogP contribution in [0.1, 0.15) is 29.8 Å². The van der Waals surface area contributed by atoms with Gasteiger partial charge in [0.25, 0.3) is 5.91 Å². The first-order valence-electron chi connectivity index (χ1n) is 8.79. The predicted molar refractivity (Wildman–Crippen MR) is 99.6 cm³/mol. The molecule has 0 spiro atoms. The standard InChI is InChI=1S/C21H24N2O4/c1-14(2)18(21(26)27)23-20(25)17(13-15-9-5-3-6-10-15)22-19(24)16-11-7-4-8-12-16/h3-12,14,17-18H,13H2,1-2H3,(H,22,24)(H,23,25)(H,26,27)/p-1/t17-,18-/m0/s1. The van der Waals surface area contributed by atoms with Gasteiger partial charge in [-0.3, -0.25) is 9.59 Å². The molecule has 27 heavy (non-hydrogen) atoms. The van der Waals surface area contributed by atoms with Crippen molar-refractivity contribution in [3.8, 4) is 0 Å². The molecule has 0 unspecified atom stereocenters. The number of rotatable bonds is 8. The van der Waals surface area contributed by atoms with E-state index in [4.69, 9.17) is 0 Å². The molecule has 0 saturated heterocycles. The number of hydrogen-bond acceptors (Lipinski definition) is 4. The topological polar surface area (TPSA) is 98.3 Å². The predicted octanol–water partition coefficient (Wildman–Crippen LogP) is 0.918. The number of hydrogen-bond donors (Lipinski definition) is 2. The van der Waals surface area contributed by atoms with Crippen LogP contribution >= 0.6 is 0 Å². The van der Waals surface area contributed by atoms with E-state index in [0.717, 1.165) is 5.56 Å². The Kier molecular flexibility index (Phi) is 7.11. The van der Waals surface area contributed by atoms with E-state index in [0.29, 0.717) is 5.56 Å². The van der Waals surface area contributed by atoms with Crippen LogP contribution in [0.3, 0.4) is 0 Å². The third-order valence-electron chi connectivity index (χ3n) is 4.16. The first kappa shape index (κ1) is 20.2. The maximum Gasteiger partial charge on any atom is 0.251 e. The fraction of sp³-hybridized carbons (Fsp3) is 0.286. The van der Waals surface area contributed by atoms with Crippen LogP contribution in [0, 0.1) is 5.92 Å². The first-order valence-corrected chi connectivity index (χ1v) is 8.79. The van der Waals surface area contributed by atoms with Crippen molar-refractivity contribution in [2.75, 3.05) is 0 Å². The van der Waals surface area contributed by atoms with Crippen molar-refractivity contribution in [1.29, 1.82) is 0 Å². The van der Waals surface area contributed by atoms with Gasteiger partial charge in [0.2, 0.25) is 5.91 Å². The number of carboxylic acid groups (broad SMARTS) is 1. The molecule has 2 rings (SSSR count). The smallest absolute Gasteiger partial charge is 0.251 e. The summed E-state index contributed by atoms with van der Waals surface area (Å²) in [7, 11) is 0. The van der Waals surface area contributed by atoms with Gasteiger partial charge in [-0.15, -0.1) is 0 Å². The van der Waals surface area contributed by atoms with Crippen molar-refractivity contribution < 1.29 is 19.5 Å². The Morgan fingerprint density at radius 3 is 1.96 bits per heavy atom. The van der Waals surface area contributed by atoms with Crippen molar-refractivity contribution in [3.63, 3.8) is 0 Å². The summed E-state index contributed by atoms with van der Waals surface area (Å²) in [6, 6.07) is 15.7. The largest absolute Gasteiger partial charge is 0.548 e. The summed E-state index contributed by atoms with van der Waals surface area (Å²) >= 11 is 0. The molecule has 2 atom stereocenters. The van der Waals surface area contributed by atoms with Gasteiger partial charge in [-0.1, -0.05) is 62.4 Å². The molecule has 0 aromatic heterocycles. The highest BCUT2D eigenvalue weighted by molar-refractivity contribution is 5.98. The third-order valence-corrected chi connectivity index (χ3v) is 4.16. The van der Waals surface area contributed by atoms with Crippen molar-refractivity contribution >= 4 is 17.8 Å². The van der Waals surface area contributed by atoms with Gasteiger partial charge >= 0.3 is 0 Å². The Bertz CT molecular complexity index is 775. The van der Waals surface area contributed by atoms with Gasteiger partial charge in [-0.25, -0.2) is 0 Å². The van der Waals surface area contributed by atoms with Gasteiger partial charge in [0, 0.05) is 12.0 Å². The number of carbonyl (C=O) groups excluding carboxylic acids is 3. The van der Waals surface area contributed by atoms with Crippen molar-refractivity contribution in [3.05, 3.63) is 71.8 Å². The summed E-state index contributed by atoms with van der Waals surface area (Å²) in [5, 5.41) is 16.5. The highest BCUT2D eigenvalue weighted by atomic mass is 16.4. The summed E-state index contributed by atoms with van der Waals surface area (Å²) in [4.78, 5) is 36.5. The van der Waals surface area contributed by atoms with Crippen LogP contribution in [0.2, 0.25) is 0 Å². The van der Waals surface area contributed by atoms with E-state index in [1.54, 1.807) is 44.2 Å². The second-order valence-corrected chi connectivity index (χ2v) is 6.63. The van der Waals surface area contributed by atoms with Crippen LogP contribution in [0.25, 0.3) is 0 Å². The zero-order chi connectivity index (χ0) is 19.8. The second kappa shape index (κ2) is 9.52. The third kappa shape index (κ3) is 5.95. The van der Waals surface area contributed by atoms with E-state index >= 15 is 0 Å². The Balaban J connectivity index is 2.19. The molecule has 142 valence electrons. The second-order valence-electron chi connectivity index (χ2n) is 6.63. The molecule has 0 heterocycles. The maximum atomic E-state index is 12.7. The Morgan fingerprint density at radius 1 is 0.889 bits per heavy atom. The number of nitrogens with one attached hydrogen (secondary N) is 2. The Morgan fingerprint density at radius 2 is 1.44 bits per heavy atom. The highest BCUT2D eigenvalue weighted by Gasteiger charge is 2.26. The molecular weight excluding hydrogens is 344 g/mol. The maximum absolute atomic E-state index is 12.7. The SMILES string of the molecule is CC(C)[C@H](NC(=O)[C@H](Cc1ccccc1)NC(=O)c1ccccc1)C(=O)[O-]. The van der Waals surface area contributed by atoms with Gasteiger partial charge < -0.3 is 20.5 Å². The summed E-state index contributed by atoms with van der Waals surface area (Å²) in [5.41, 5.74) is 1.27. The van der Waals surface area contributed by atoms with Crippen molar-refractivity contribution in [2.45, 2.75) is 32.4 Å². The zero-order valence-electron chi connectivity index (χ0n) is 15.3. The molecule has 2 N–H and O–H groups in total. The fourth-order valence-electron chi connectivity index (χ4n) is 2.64. The zero-order valence-corrected chi connectivity index (χ0v) is 15.3. The minimum atomic E-state index is -1.36. The lowest BCUT2D eigenvalue weighted by Gasteiger charge is -2.26. The first-order chi connectivity index (χ1) is 12.9. The lowest BCUT2D eigenvalue weighted by Crippen LogP contribution is -2.56. The van der Waals surface area contributed by atoms with E-state index in [1.165, 1.54) is 0 Å². The summed E-state index contributed by atoms with van der Waals surface area (Å²) in [5.74, 6) is -2.67. The van der Waals surface area contributed by atoms with Crippen molar-refractivity contribution in [1.82, 2.24) is 10.6 Å². The van der Waals surface area contributed by atoms with Gasteiger partial charge in [0.1, 0.15) is 6.04 Å². The Hall–Kier alpha value is -3.15. The van der Waals surface area contributed by atoms with E-state index in [1.807, 2.05) is 30.3 Å². The van der Waals surface area contributed by atoms with E-state index < -0.39 is 29.9 Å². The molecule has 0 aliphatic rings. The van der Waals surface area contributed by atoms with Gasteiger partial charge in [-0.2, -0.15) is 0 Å². The lowest BCUT2D eigenvalue weighted by molar-refractivity contribution is -0.309. The Labute approximate surface area is 158 Å². The van der Waals surface area contributed by atoms with Crippen LogP contribution in [-0.2, 0) is 16.0 Å². The molecule has 0 radical (unpaired) electrons. The van der Waals surface area contributed by atoms with Gasteiger partial charge in [-0.05, 0) is 23.6 Å². The number of carbonyl (C=O) groups is 3. The quantitative estimate of drug-likeness (QED) is 0.725. The lowest BCUT2D eigenvalue weighted by atomic mass is 10.0. The minimum Gasteiger partial charge on any atom is -0.548 e. The molecule has 0 aliphatic carbocycles. The molecule has 0 saturated carbocycles. The van der Waals surface area contributed by atoms with Crippen LogP contribution < -0.4 is 15.7 Å². The van der Waals surface area contributed by atoms with Crippen LogP contribution in [0.4, 0.5) is 0 Å². The van der Waals surface area contributed by atoms with Gasteiger partial charge in [0.15, 0.2) is 0 Å². The summed E-state index contributed by atoms with van der Waals surface area (Å²) in [6.07, 6.45) is 0.239. The van der Waals surface area contributed by atoms with E-state index in [2.05, 4.69) is 10.6 Å². The van der Waals surface area contributed by atoms with Crippen LogP contribution in [-0.4, -0.2) is 29.9 Å². The number of amides is 2. The molecular formula is C21H23N2O4-. The average molecular weight is 367 g/mol. The average Bonchev–Trinajstić information content (AvgIpc) is 2.66. The van der Waals surface area contributed by atoms with Crippen LogP contribution in [0.15, 0.2) is 60.7 Å².